The van der Waals surface area contributed by atoms with Crippen LogP contribution in [0.15, 0.2) is 24.3 Å². The van der Waals surface area contributed by atoms with Gasteiger partial charge in [-0.1, -0.05) is 12.1 Å². The number of nitrogens with one attached hydrogen (secondary N) is 2. The van der Waals surface area contributed by atoms with Crippen LogP contribution >= 0.6 is 0 Å². The van der Waals surface area contributed by atoms with Gasteiger partial charge in [0.05, 0.1) is 24.8 Å². The molecule has 1 aromatic carbocycles. The number of hydrogen-bond donors (Lipinski definition) is 3. The molecule has 0 bridgehead atoms. The van der Waals surface area contributed by atoms with Gasteiger partial charge in [0.2, 0.25) is 5.91 Å². The minimum Gasteiger partial charge on any atom is -0.506 e. The Morgan fingerprint density at radius 2 is 2.35 bits per heavy atom. The first kappa shape index (κ1) is 11.9. The van der Waals surface area contributed by atoms with Crippen molar-refractivity contribution in [2.75, 3.05) is 25.0 Å². The summed E-state index contributed by atoms with van der Waals surface area (Å²) in [6.07, 6.45) is 0.205. The van der Waals surface area contributed by atoms with Crippen molar-refractivity contribution in [3.05, 3.63) is 24.3 Å². The fraction of sp³-hybridized carbons (Fsp3) is 0.417. The van der Waals surface area contributed by atoms with Gasteiger partial charge in [-0.15, -0.1) is 0 Å². The molecule has 1 aliphatic heterocycles. The number of phenolic OH excluding ortho intramolecular Hbond substituents is 1. The van der Waals surface area contributed by atoms with Gasteiger partial charge in [0.15, 0.2) is 0 Å². The molecule has 0 aromatic heterocycles. The Labute approximate surface area is 99.8 Å². The molecular weight excluding hydrogens is 220 g/mol. The Hall–Kier alpha value is -1.59. The van der Waals surface area contributed by atoms with Gasteiger partial charge in [-0.25, -0.2) is 0 Å². The van der Waals surface area contributed by atoms with Gasteiger partial charge < -0.3 is 20.5 Å². The summed E-state index contributed by atoms with van der Waals surface area (Å²) < 4.78 is 5.43. The zero-order chi connectivity index (χ0) is 12.1. The van der Waals surface area contributed by atoms with Crippen molar-refractivity contribution < 1.29 is 14.6 Å². The molecule has 1 amide bonds. The highest BCUT2D eigenvalue weighted by Gasteiger charge is 2.17. The Morgan fingerprint density at radius 1 is 1.53 bits per heavy atom. The molecule has 1 fully saturated rings. The van der Waals surface area contributed by atoms with E-state index in [1.54, 1.807) is 18.2 Å². The number of amides is 1. The molecule has 1 heterocycles. The molecule has 2 rings (SSSR count). The van der Waals surface area contributed by atoms with Gasteiger partial charge in [-0.05, 0) is 12.1 Å². The van der Waals surface area contributed by atoms with Crippen LogP contribution in [0.1, 0.15) is 6.42 Å². The smallest absolute Gasteiger partial charge is 0.227 e. The van der Waals surface area contributed by atoms with Crippen LogP contribution in [0.4, 0.5) is 5.69 Å². The van der Waals surface area contributed by atoms with Crippen LogP contribution in [0.5, 0.6) is 5.75 Å². The maximum absolute atomic E-state index is 11.7. The molecule has 0 saturated carbocycles. The zero-order valence-corrected chi connectivity index (χ0v) is 9.48. The summed E-state index contributed by atoms with van der Waals surface area (Å²) in [7, 11) is 0. The van der Waals surface area contributed by atoms with Gasteiger partial charge >= 0.3 is 0 Å². The van der Waals surface area contributed by atoms with Crippen LogP contribution in [0.2, 0.25) is 0 Å². The largest absolute Gasteiger partial charge is 0.506 e. The number of carbonyl (C=O) groups is 1. The van der Waals surface area contributed by atoms with Crippen molar-refractivity contribution in [2.45, 2.75) is 12.5 Å². The first-order chi connectivity index (χ1) is 8.25. The van der Waals surface area contributed by atoms with Crippen LogP contribution in [-0.4, -0.2) is 36.8 Å². The number of carbonyl (C=O) groups excluding carboxylic acids is 1. The summed E-state index contributed by atoms with van der Waals surface area (Å²) in [6.45, 7) is 2.15. The number of hydrogen-bond acceptors (Lipinski definition) is 4. The summed E-state index contributed by atoms with van der Waals surface area (Å²) >= 11 is 0. The van der Waals surface area contributed by atoms with Gasteiger partial charge in [-0.2, -0.15) is 0 Å². The zero-order valence-electron chi connectivity index (χ0n) is 9.48. The number of benzene rings is 1. The molecule has 0 aliphatic carbocycles. The second kappa shape index (κ2) is 5.65. The first-order valence-corrected chi connectivity index (χ1v) is 5.66. The topological polar surface area (TPSA) is 70.6 Å². The summed E-state index contributed by atoms with van der Waals surface area (Å²) in [5, 5.41) is 15.3. The van der Waals surface area contributed by atoms with E-state index in [1.807, 2.05) is 0 Å². The Kier molecular flexibility index (Phi) is 3.95. The highest BCUT2D eigenvalue weighted by molar-refractivity contribution is 5.92. The average molecular weight is 236 g/mol. The molecule has 1 unspecified atom stereocenters. The van der Waals surface area contributed by atoms with E-state index in [9.17, 15) is 9.90 Å². The third kappa shape index (κ3) is 3.44. The molecular formula is C12H16N2O3. The van der Waals surface area contributed by atoms with E-state index in [4.69, 9.17) is 4.74 Å². The predicted octanol–water partition coefficient (Wildman–Crippen LogP) is 0.709. The van der Waals surface area contributed by atoms with Crippen LogP contribution in [-0.2, 0) is 9.53 Å². The van der Waals surface area contributed by atoms with E-state index < -0.39 is 0 Å². The summed E-state index contributed by atoms with van der Waals surface area (Å²) in [5.41, 5.74) is 0.432. The molecule has 17 heavy (non-hydrogen) atoms. The van der Waals surface area contributed by atoms with E-state index in [0.717, 1.165) is 6.54 Å². The molecule has 1 aliphatic rings. The highest BCUT2D eigenvalue weighted by Crippen LogP contribution is 2.21. The van der Waals surface area contributed by atoms with Crippen LogP contribution in [0, 0.1) is 0 Å². The monoisotopic (exact) mass is 236 g/mol. The number of phenols is 1. The fourth-order valence-electron chi connectivity index (χ4n) is 1.74. The highest BCUT2D eigenvalue weighted by atomic mass is 16.5. The van der Waals surface area contributed by atoms with Crippen molar-refractivity contribution in [1.29, 1.82) is 0 Å². The quantitative estimate of drug-likeness (QED) is 0.676. The predicted molar refractivity (Wildman–Crippen MR) is 64.0 cm³/mol. The second-order valence-corrected chi connectivity index (χ2v) is 3.97. The first-order valence-electron chi connectivity index (χ1n) is 5.66. The van der Waals surface area contributed by atoms with E-state index in [1.165, 1.54) is 6.07 Å². The third-order valence-corrected chi connectivity index (χ3v) is 2.60. The van der Waals surface area contributed by atoms with Gasteiger partial charge in [0.1, 0.15) is 5.75 Å². The number of aromatic hydroxyl groups is 1. The summed E-state index contributed by atoms with van der Waals surface area (Å²) in [4.78, 5) is 11.7. The molecule has 1 saturated heterocycles. The fourth-order valence-corrected chi connectivity index (χ4v) is 1.74. The van der Waals surface area contributed by atoms with E-state index in [-0.39, 0.29) is 17.8 Å². The van der Waals surface area contributed by atoms with Crippen molar-refractivity contribution in [1.82, 2.24) is 5.32 Å². The molecule has 92 valence electrons. The Morgan fingerprint density at radius 3 is 3.06 bits per heavy atom. The number of morpholine rings is 1. The number of rotatable bonds is 3. The lowest BCUT2D eigenvalue weighted by Crippen LogP contribution is -2.40. The second-order valence-electron chi connectivity index (χ2n) is 3.97. The molecule has 1 atom stereocenters. The lowest BCUT2D eigenvalue weighted by Gasteiger charge is -2.23. The molecule has 0 radical (unpaired) electrons. The van der Waals surface area contributed by atoms with Crippen LogP contribution in [0.3, 0.4) is 0 Å². The Balaban J connectivity index is 1.86. The van der Waals surface area contributed by atoms with E-state index in [2.05, 4.69) is 10.6 Å². The van der Waals surface area contributed by atoms with Gasteiger partial charge in [-0.3, -0.25) is 4.79 Å². The molecule has 5 nitrogen and oxygen atoms in total. The standard InChI is InChI=1S/C12H16N2O3/c15-11-4-2-1-3-10(11)14-12(16)7-9-8-13-5-6-17-9/h1-4,9,13,15H,5-8H2,(H,14,16). The van der Waals surface area contributed by atoms with Crippen molar-refractivity contribution in [3.8, 4) is 5.75 Å². The molecule has 1 aromatic rings. The van der Waals surface area contributed by atoms with E-state index >= 15 is 0 Å². The average Bonchev–Trinajstić information content (AvgIpc) is 2.33. The molecule has 0 spiro atoms. The van der Waals surface area contributed by atoms with Crippen molar-refractivity contribution in [3.63, 3.8) is 0 Å². The lowest BCUT2D eigenvalue weighted by molar-refractivity contribution is -0.119. The number of para-hydroxylation sites is 2. The van der Waals surface area contributed by atoms with Crippen LogP contribution in [0.25, 0.3) is 0 Å². The maximum atomic E-state index is 11.7. The SMILES string of the molecule is O=C(CC1CNCCO1)Nc1ccccc1O. The number of anilines is 1. The molecule has 5 heteroatoms. The summed E-state index contributed by atoms with van der Waals surface area (Å²) in [5.74, 6) is -0.0799. The lowest BCUT2D eigenvalue weighted by atomic mass is 10.2. The van der Waals surface area contributed by atoms with Crippen molar-refractivity contribution >= 4 is 11.6 Å². The minimum atomic E-state index is -0.153. The van der Waals surface area contributed by atoms with Crippen molar-refractivity contribution in [2.24, 2.45) is 0 Å². The van der Waals surface area contributed by atoms with Gasteiger partial charge in [0, 0.05) is 13.1 Å². The normalized spacial score (nSPS) is 19.9. The third-order valence-electron chi connectivity index (χ3n) is 2.60. The minimum absolute atomic E-state index is 0.0727. The van der Waals surface area contributed by atoms with Gasteiger partial charge in [0.25, 0.3) is 0 Å². The Bertz CT molecular complexity index is 389. The van der Waals surface area contributed by atoms with E-state index in [0.29, 0.717) is 25.3 Å². The summed E-state index contributed by atoms with van der Waals surface area (Å²) in [6, 6.07) is 6.66. The maximum Gasteiger partial charge on any atom is 0.227 e. The molecule has 3 N–H and O–H groups in total. The number of ether oxygens (including phenoxy) is 1. The van der Waals surface area contributed by atoms with Crippen LogP contribution < -0.4 is 10.6 Å².